The number of rotatable bonds is 2. The summed E-state index contributed by atoms with van der Waals surface area (Å²) < 4.78 is 0. The van der Waals surface area contributed by atoms with E-state index in [1.807, 2.05) is 24.5 Å². The highest BCUT2D eigenvalue weighted by Crippen LogP contribution is 2.32. The minimum absolute atomic E-state index is 0.145. The van der Waals surface area contributed by atoms with Crippen molar-refractivity contribution in [1.29, 1.82) is 0 Å². The Morgan fingerprint density at radius 2 is 1.60 bits per heavy atom. The van der Waals surface area contributed by atoms with Gasteiger partial charge < -0.3 is 5.32 Å². The van der Waals surface area contributed by atoms with E-state index in [4.69, 9.17) is 0 Å². The predicted octanol–water partition coefficient (Wildman–Crippen LogP) is 4.35. The second-order valence-electron chi connectivity index (χ2n) is 5.47. The largest absolute Gasteiger partial charge is 0.360 e. The molecule has 2 nitrogen and oxygen atoms in total. The molecule has 3 rings (SSSR count). The molecule has 0 atom stereocenters. The van der Waals surface area contributed by atoms with Gasteiger partial charge in [-0.3, -0.25) is 4.99 Å². The van der Waals surface area contributed by atoms with Gasteiger partial charge in [0.1, 0.15) is 0 Å². The summed E-state index contributed by atoms with van der Waals surface area (Å²) in [4.78, 5) is 4.69. The molecule has 2 aromatic rings. The second-order valence-corrected chi connectivity index (χ2v) is 5.47. The van der Waals surface area contributed by atoms with Gasteiger partial charge in [0.15, 0.2) is 0 Å². The molecule has 100 valence electrons. The quantitative estimate of drug-likeness (QED) is 0.855. The maximum Gasteiger partial charge on any atom is 0.0597 e. The molecule has 0 spiro atoms. The van der Waals surface area contributed by atoms with Crippen molar-refractivity contribution in [1.82, 2.24) is 0 Å². The Labute approximate surface area is 119 Å². The minimum Gasteiger partial charge on any atom is -0.360 e. The molecule has 0 saturated heterocycles. The summed E-state index contributed by atoms with van der Waals surface area (Å²) in [6.07, 6.45) is 3.72. The molecule has 2 aromatic carbocycles. The molecule has 0 radical (unpaired) electrons. The van der Waals surface area contributed by atoms with Gasteiger partial charge in [-0.1, -0.05) is 62.4 Å². The van der Waals surface area contributed by atoms with Crippen molar-refractivity contribution in [2.45, 2.75) is 19.3 Å². The van der Waals surface area contributed by atoms with E-state index in [9.17, 15) is 0 Å². The highest BCUT2D eigenvalue weighted by Gasteiger charge is 2.29. The van der Waals surface area contributed by atoms with Crippen LogP contribution < -0.4 is 5.32 Å². The number of benzene rings is 2. The van der Waals surface area contributed by atoms with Crippen LogP contribution in [0.15, 0.2) is 72.0 Å². The van der Waals surface area contributed by atoms with Gasteiger partial charge in [-0.25, -0.2) is 0 Å². The van der Waals surface area contributed by atoms with Crippen LogP contribution in [0.4, 0.5) is 5.69 Å². The molecule has 0 aliphatic carbocycles. The van der Waals surface area contributed by atoms with Crippen LogP contribution in [0.3, 0.4) is 0 Å². The van der Waals surface area contributed by atoms with Gasteiger partial charge in [0.05, 0.1) is 5.71 Å². The summed E-state index contributed by atoms with van der Waals surface area (Å²) in [5, 5.41) is 3.28. The van der Waals surface area contributed by atoms with Gasteiger partial charge >= 0.3 is 0 Å². The Morgan fingerprint density at radius 1 is 0.900 bits per heavy atom. The van der Waals surface area contributed by atoms with E-state index in [1.54, 1.807) is 0 Å². The number of nitrogens with one attached hydrogen (secondary N) is 1. The van der Waals surface area contributed by atoms with Crippen molar-refractivity contribution in [2.24, 2.45) is 4.99 Å². The van der Waals surface area contributed by atoms with E-state index in [0.717, 1.165) is 17.0 Å². The van der Waals surface area contributed by atoms with Gasteiger partial charge in [-0.05, 0) is 11.6 Å². The number of fused-ring (bicyclic) bond motifs is 1. The third kappa shape index (κ3) is 2.14. The van der Waals surface area contributed by atoms with E-state index in [-0.39, 0.29) is 5.41 Å². The average molecular weight is 262 g/mol. The Bertz CT molecular complexity index is 667. The minimum atomic E-state index is -0.145. The standard InChI is InChI=1S/C18H18N2/c1-18(2,14-8-4-3-5-9-14)17-15-10-6-7-11-16(15)19-12-13-20-17/h3-13,19H,1-2H3. The number of anilines is 1. The Morgan fingerprint density at radius 3 is 2.40 bits per heavy atom. The first-order valence-corrected chi connectivity index (χ1v) is 6.84. The molecule has 1 aliphatic rings. The second kappa shape index (κ2) is 4.97. The van der Waals surface area contributed by atoms with Crippen LogP contribution in [0.1, 0.15) is 25.0 Å². The fraction of sp³-hybridized carbons (Fsp3) is 0.167. The number of hydrogen-bond acceptors (Lipinski definition) is 2. The highest BCUT2D eigenvalue weighted by molar-refractivity contribution is 6.11. The lowest BCUT2D eigenvalue weighted by molar-refractivity contribution is 0.718. The van der Waals surface area contributed by atoms with Crippen LogP contribution in [-0.4, -0.2) is 5.71 Å². The molecule has 0 aromatic heterocycles. The summed E-state index contributed by atoms with van der Waals surface area (Å²) in [6.45, 7) is 4.44. The summed E-state index contributed by atoms with van der Waals surface area (Å²) in [6, 6.07) is 18.8. The van der Waals surface area contributed by atoms with Crippen molar-refractivity contribution in [3.63, 3.8) is 0 Å². The predicted molar refractivity (Wildman–Crippen MR) is 85.2 cm³/mol. The molecule has 2 heteroatoms. The Balaban J connectivity index is 2.14. The normalized spacial score (nSPS) is 14.0. The smallest absolute Gasteiger partial charge is 0.0597 e. The molecule has 1 N–H and O–H groups in total. The van der Waals surface area contributed by atoms with Crippen LogP contribution in [0.5, 0.6) is 0 Å². The van der Waals surface area contributed by atoms with Crippen molar-refractivity contribution < 1.29 is 0 Å². The van der Waals surface area contributed by atoms with Crippen LogP contribution in [-0.2, 0) is 5.41 Å². The Hall–Kier alpha value is -2.35. The van der Waals surface area contributed by atoms with Crippen LogP contribution >= 0.6 is 0 Å². The molecule has 0 saturated carbocycles. The first-order valence-electron chi connectivity index (χ1n) is 6.84. The first kappa shape index (κ1) is 12.7. The van der Waals surface area contributed by atoms with Crippen LogP contribution in [0.25, 0.3) is 0 Å². The van der Waals surface area contributed by atoms with Crippen molar-refractivity contribution in [2.75, 3.05) is 5.32 Å². The molecule has 1 aliphatic heterocycles. The van der Waals surface area contributed by atoms with E-state index in [0.29, 0.717) is 0 Å². The lowest BCUT2D eigenvalue weighted by Crippen LogP contribution is -2.30. The van der Waals surface area contributed by atoms with E-state index in [1.165, 1.54) is 5.56 Å². The summed E-state index contributed by atoms with van der Waals surface area (Å²) in [5.74, 6) is 0. The lowest BCUT2D eigenvalue weighted by Gasteiger charge is -2.28. The summed E-state index contributed by atoms with van der Waals surface area (Å²) in [7, 11) is 0. The number of nitrogens with zero attached hydrogens (tertiary/aromatic N) is 1. The zero-order valence-electron chi connectivity index (χ0n) is 11.8. The van der Waals surface area contributed by atoms with Crippen molar-refractivity contribution in [3.05, 3.63) is 78.1 Å². The molecular weight excluding hydrogens is 244 g/mol. The fourth-order valence-corrected chi connectivity index (χ4v) is 2.61. The van der Waals surface area contributed by atoms with Gasteiger partial charge in [0.25, 0.3) is 0 Å². The van der Waals surface area contributed by atoms with Gasteiger partial charge in [-0.15, -0.1) is 0 Å². The van der Waals surface area contributed by atoms with Crippen LogP contribution in [0.2, 0.25) is 0 Å². The molecule has 1 heterocycles. The molecular formula is C18H18N2. The maximum absolute atomic E-state index is 4.69. The number of aliphatic imine (C=N–C) groups is 1. The molecule has 0 amide bonds. The zero-order valence-corrected chi connectivity index (χ0v) is 11.8. The number of para-hydroxylation sites is 1. The average Bonchev–Trinajstić information content (AvgIpc) is 2.71. The monoisotopic (exact) mass is 262 g/mol. The maximum atomic E-state index is 4.69. The molecule has 20 heavy (non-hydrogen) atoms. The van der Waals surface area contributed by atoms with Gasteiger partial charge in [0.2, 0.25) is 0 Å². The highest BCUT2D eigenvalue weighted by atomic mass is 14.9. The van der Waals surface area contributed by atoms with E-state index in [2.05, 4.69) is 66.6 Å². The fourth-order valence-electron chi connectivity index (χ4n) is 2.61. The first-order chi connectivity index (χ1) is 9.69. The van der Waals surface area contributed by atoms with E-state index < -0.39 is 0 Å². The van der Waals surface area contributed by atoms with Crippen molar-refractivity contribution in [3.8, 4) is 0 Å². The van der Waals surface area contributed by atoms with Crippen LogP contribution in [0, 0.1) is 0 Å². The van der Waals surface area contributed by atoms with Gasteiger partial charge in [-0.2, -0.15) is 0 Å². The SMILES string of the molecule is CC(C)(C1=NC=CNc2ccccc21)c1ccccc1. The third-order valence-electron chi connectivity index (χ3n) is 3.79. The Kier molecular flexibility index (Phi) is 3.15. The topological polar surface area (TPSA) is 24.4 Å². The molecule has 0 unspecified atom stereocenters. The summed E-state index contributed by atoms with van der Waals surface area (Å²) >= 11 is 0. The zero-order chi connectivity index (χ0) is 14.0. The van der Waals surface area contributed by atoms with Gasteiger partial charge in [0, 0.05) is 29.1 Å². The van der Waals surface area contributed by atoms with Crippen molar-refractivity contribution >= 4 is 11.4 Å². The lowest BCUT2D eigenvalue weighted by atomic mass is 9.77. The van der Waals surface area contributed by atoms with E-state index >= 15 is 0 Å². The number of hydrogen-bond donors (Lipinski definition) is 1. The molecule has 0 bridgehead atoms. The molecule has 0 fully saturated rings. The third-order valence-corrected chi connectivity index (χ3v) is 3.79. The summed E-state index contributed by atoms with van der Waals surface area (Å²) in [5.41, 5.74) is 4.47.